The first-order chi connectivity index (χ1) is 7.13. The molecule has 0 saturated heterocycles. The predicted molar refractivity (Wildman–Crippen MR) is 55.1 cm³/mol. The van der Waals surface area contributed by atoms with Gasteiger partial charge in [0.2, 0.25) is 0 Å². The molecule has 0 spiro atoms. The molecule has 1 aromatic rings. The zero-order chi connectivity index (χ0) is 11.3. The van der Waals surface area contributed by atoms with Crippen molar-refractivity contribution in [1.82, 2.24) is 0 Å². The van der Waals surface area contributed by atoms with Crippen LogP contribution in [0.1, 0.15) is 19.8 Å². The Bertz CT molecular complexity index is 335. The summed E-state index contributed by atoms with van der Waals surface area (Å²) in [5, 5.41) is 18.0. The standard InChI is InChI=1S/C11H14O4/c1-2-4-10(11(13)14)15-9-6-3-5-8(12)7-9/h3,5-7,10,12H,2,4H2,1H3,(H,13,14). The number of carboxylic acid groups (broad SMARTS) is 1. The molecule has 0 aliphatic heterocycles. The third-order valence-electron chi connectivity index (χ3n) is 1.92. The van der Waals surface area contributed by atoms with Crippen LogP contribution in [-0.4, -0.2) is 22.3 Å². The lowest BCUT2D eigenvalue weighted by molar-refractivity contribution is -0.145. The molecule has 1 atom stereocenters. The van der Waals surface area contributed by atoms with Crippen LogP contribution >= 0.6 is 0 Å². The second kappa shape index (κ2) is 5.24. The average Bonchev–Trinajstić information content (AvgIpc) is 2.17. The first-order valence-corrected chi connectivity index (χ1v) is 4.82. The van der Waals surface area contributed by atoms with E-state index in [0.29, 0.717) is 12.2 Å². The lowest BCUT2D eigenvalue weighted by Gasteiger charge is -2.14. The molecule has 0 saturated carbocycles. The van der Waals surface area contributed by atoms with Crippen molar-refractivity contribution >= 4 is 5.97 Å². The molecule has 4 nitrogen and oxygen atoms in total. The van der Waals surface area contributed by atoms with Crippen molar-refractivity contribution in [3.05, 3.63) is 24.3 Å². The molecule has 15 heavy (non-hydrogen) atoms. The van der Waals surface area contributed by atoms with Gasteiger partial charge in [-0.05, 0) is 18.6 Å². The molecule has 1 unspecified atom stereocenters. The Labute approximate surface area is 88.1 Å². The van der Waals surface area contributed by atoms with E-state index in [9.17, 15) is 4.79 Å². The third kappa shape index (κ3) is 3.50. The third-order valence-corrected chi connectivity index (χ3v) is 1.92. The van der Waals surface area contributed by atoms with Crippen LogP contribution in [0.5, 0.6) is 11.5 Å². The van der Waals surface area contributed by atoms with Crippen LogP contribution in [0.15, 0.2) is 24.3 Å². The van der Waals surface area contributed by atoms with Gasteiger partial charge in [-0.2, -0.15) is 0 Å². The number of hydrogen-bond acceptors (Lipinski definition) is 3. The molecule has 2 N–H and O–H groups in total. The van der Waals surface area contributed by atoms with Crippen LogP contribution < -0.4 is 4.74 Å². The second-order valence-corrected chi connectivity index (χ2v) is 3.23. The molecule has 0 amide bonds. The maximum Gasteiger partial charge on any atom is 0.344 e. The van der Waals surface area contributed by atoms with Gasteiger partial charge in [0.05, 0.1) is 0 Å². The van der Waals surface area contributed by atoms with Gasteiger partial charge in [-0.3, -0.25) is 0 Å². The number of aliphatic carboxylic acids is 1. The van der Waals surface area contributed by atoms with Gasteiger partial charge in [0.1, 0.15) is 11.5 Å². The van der Waals surface area contributed by atoms with Crippen molar-refractivity contribution in [1.29, 1.82) is 0 Å². The maximum absolute atomic E-state index is 10.8. The van der Waals surface area contributed by atoms with Gasteiger partial charge in [-0.15, -0.1) is 0 Å². The number of hydrogen-bond donors (Lipinski definition) is 2. The van der Waals surface area contributed by atoms with Crippen molar-refractivity contribution in [3.63, 3.8) is 0 Å². The summed E-state index contributed by atoms with van der Waals surface area (Å²) in [7, 11) is 0. The van der Waals surface area contributed by atoms with E-state index in [1.54, 1.807) is 12.1 Å². The summed E-state index contributed by atoms with van der Waals surface area (Å²) >= 11 is 0. The summed E-state index contributed by atoms with van der Waals surface area (Å²) in [6.45, 7) is 1.89. The zero-order valence-electron chi connectivity index (χ0n) is 8.51. The normalized spacial score (nSPS) is 12.1. The van der Waals surface area contributed by atoms with Crippen LogP contribution in [0.25, 0.3) is 0 Å². The van der Waals surface area contributed by atoms with Gasteiger partial charge in [0.15, 0.2) is 6.10 Å². The van der Waals surface area contributed by atoms with Crippen molar-refractivity contribution in [2.45, 2.75) is 25.9 Å². The SMILES string of the molecule is CCCC(Oc1cccc(O)c1)C(=O)O. The van der Waals surface area contributed by atoms with E-state index in [4.69, 9.17) is 14.9 Å². The number of carbonyl (C=O) groups is 1. The Morgan fingerprint density at radius 1 is 1.53 bits per heavy atom. The van der Waals surface area contributed by atoms with E-state index in [2.05, 4.69) is 0 Å². The molecule has 0 aromatic heterocycles. The molecule has 0 bridgehead atoms. The number of benzene rings is 1. The van der Waals surface area contributed by atoms with Crippen LogP contribution in [0.2, 0.25) is 0 Å². The lowest BCUT2D eigenvalue weighted by Crippen LogP contribution is -2.26. The molecule has 1 aromatic carbocycles. The van der Waals surface area contributed by atoms with Crippen LogP contribution in [0.3, 0.4) is 0 Å². The fraction of sp³-hybridized carbons (Fsp3) is 0.364. The molecular formula is C11H14O4. The Morgan fingerprint density at radius 3 is 2.80 bits per heavy atom. The van der Waals surface area contributed by atoms with E-state index in [-0.39, 0.29) is 5.75 Å². The first kappa shape index (κ1) is 11.4. The molecule has 1 rings (SSSR count). The van der Waals surface area contributed by atoms with E-state index >= 15 is 0 Å². The zero-order valence-corrected chi connectivity index (χ0v) is 8.51. The molecule has 0 aliphatic carbocycles. The molecule has 0 aliphatic rings. The molecule has 0 radical (unpaired) electrons. The van der Waals surface area contributed by atoms with Gasteiger partial charge in [-0.25, -0.2) is 4.79 Å². The number of aromatic hydroxyl groups is 1. The number of phenolic OH excluding ortho intramolecular Hbond substituents is 1. The highest BCUT2D eigenvalue weighted by atomic mass is 16.5. The van der Waals surface area contributed by atoms with Crippen molar-refractivity contribution in [2.24, 2.45) is 0 Å². The highest BCUT2D eigenvalue weighted by molar-refractivity contribution is 5.72. The van der Waals surface area contributed by atoms with E-state index < -0.39 is 12.1 Å². The summed E-state index contributed by atoms with van der Waals surface area (Å²) in [4.78, 5) is 10.8. The minimum Gasteiger partial charge on any atom is -0.508 e. The fourth-order valence-electron chi connectivity index (χ4n) is 1.22. The van der Waals surface area contributed by atoms with Crippen LogP contribution in [0.4, 0.5) is 0 Å². The van der Waals surface area contributed by atoms with Crippen molar-refractivity contribution in [3.8, 4) is 11.5 Å². The topological polar surface area (TPSA) is 66.8 Å². The Balaban J connectivity index is 2.69. The van der Waals surface area contributed by atoms with Gasteiger partial charge in [0, 0.05) is 6.07 Å². The number of rotatable bonds is 5. The van der Waals surface area contributed by atoms with Gasteiger partial charge < -0.3 is 14.9 Å². The monoisotopic (exact) mass is 210 g/mol. The number of ether oxygens (including phenoxy) is 1. The second-order valence-electron chi connectivity index (χ2n) is 3.23. The molecule has 0 heterocycles. The van der Waals surface area contributed by atoms with E-state index in [1.165, 1.54) is 12.1 Å². The van der Waals surface area contributed by atoms with Gasteiger partial charge in [0.25, 0.3) is 0 Å². The average molecular weight is 210 g/mol. The number of phenols is 1. The van der Waals surface area contributed by atoms with Crippen LogP contribution in [-0.2, 0) is 4.79 Å². The first-order valence-electron chi connectivity index (χ1n) is 4.82. The molecule has 82 valence electrons. The Kier molecular flexibility index (Phi) is 3.97. The van der Waals surface area contributed by atoms with E-state index in [1.807, 2.05) is 6.92 Å². The minimum absolute atomic E-state index is 0.0631. The maximum atomic E-state index is 10.8. The summed E-state index contributed by atoms with van der Waals surface area (Å²) in [6, 6.07) is 6.12. The summed E-state index contributed by atoms with van der Waals surface area (Å²) in [6.07, 6.45) is 0.331. The predicted octanol–water partition coefficient (Wildman–Crippen LogP) is 2.02. The molecule has 0 fully saturated rings. The smallest absolute Gasteiger partial charge is 0.344 e. The highest BCUT2D eigenvalue weighted by Crippen LogP contribution is 2.20. The van der Waals surface area contributed by atoms with Crippen LogP contribution in [0, 0.1) is 0 Å². The lowest BCUT2D eigenvalue weighted by atomic mass is 10.2. The Morgan fingerprint density at radius 2 is 2.27 bits per heavy atom. The largest absolute Gasteiger partial charge is 0.508 e. The van der Waals surface area contributed by atoms with Gasteiger partial charge in [-0.1, -0.05) is 19.4 Å². The summed E-state index contributed by atoms with van der Waals surface area (Å²) in [5.41, 5.74) is 0. The summed E-state index contributed by atoms with van der Waals surface area (Å²) < 4.78 is 5.24. The van der Waals surface area contributed by atoms with E-state index in [0.717, 1.165) is 6.42 Å². The Hall–Kier alpha value is -1.71. The number of carboxylic acids is 1. The summed E-state index contributed by atoms with van der Waals surface area (Å²) in [5.74, 6) is -0.552. The van der Waals surface area contributed by atoms with Gasteiger partial charge >= 0.3 is 5.97 Å². The molecule has 4 heteroatoms. The molecular weight excluding hydrogens is 196 g/mol. The highest BCUT2D eigenvalue weighted by Gasteiger charge is 2.17. The van der Waals surface area contributed by atoms with Crippen molar-refractivity contribution < 1.29 is 19.7 Å². The minimum atomic E-state index is -0.986. The van der Waals surface area contributed by atoms with Crippen molar-refractivity contribution in [2.75, 3.05) is 0 Å². The quantitative estimate of drug-likeness (QED) is 0.780. The fourth-order valence-corrected chi connectivity index (χ4v) is 1.22.